The number of ether oxygens (including phenoxy) is 1. The minimum absolute atomic E-state index is 0.179. The highest BCUT2D eigenvalue weighted by Gasteiger charge is 2.17. The number of benzene rings is 2. The average Bonchev–Trinajstić information content (AvgIpc) is 2.66. The van der Waals surface area contributed by atoms with Crippen LogP contribution in [0.5, 0.6) is 0 Å². The lowest BCUT2D eigenvalue weighted by Crippen LogP contribution is -2.22. The second kappa shape index (κ2) is 8.35. The van der Waals surface area contributed by atoms with Gasteiger partial charge >= 0.3 is 0 Å². The predicted molar refractivity (Wildman–Crippen MR) is 108 cm³/mol. The van der Waals surface area contributed by atoms with Gasteiger partial charge in [0, 0.05) is 35.8 Å². The zero-order valence-electron chi connectivity index (χ0n) is 14.9. The van der Waals surface area contributed by atoms with E-state index in [0.717, 1.165) is 22.2 Å². The normalized spacial score (nSPS) is 12.1. The Labute approximate surface area is 162 Å². The summed E-state index contributed by atoms with van der Waals surface area (Å²) in [6, 6.07) is 12.7. The van der Waals surface area contributed by atoms with Crippen molar-refractivity contribution in [2.24, 2.45) is 11.5 Å². The van der Waals surface area contributed by atoms with Crippen molar-refractivity contribution in [1.29, 1.82) is 0 Å². The maximum Gasteiger partial charge on any atom is 0.250 e. The molecule has 7 heteroatoms. The molecule has 0 aliphatic rings. The summed E-state index contributed by atoms with van der Waals surface area (Å²) in [4.78, 5) is 16.2. The summed E-state index contributed by atoms with van der Waals surface area (Å²) in [5, 5.41) is 4.90. The number of para-hydroxylation sites is 1. The number of amides is 1. The number of pyridine rings is 1. The van der Waals surface area contributed by atoms with Gasteiger partial charge in [-0.25, -0.2) is 0 Å². The molecule has 2 aromatic carbocycles. The number of aromatic nitrogens is 1. The number of hydrogen-bond donors (Lipinski definition) is 3. The van der Waals surface area contributed by atoms with Crippen molar-refractivity contribution < 1.29 is 9.53 Å². The first kappa shape index (κ1) is 19.1. The number of anilines is 1. The van der Waals surface area contributed by atoms with Crippen molar-refractivity contribution >= 4 is 34.1 Å². The number of methoxy groups -OCH3 is 1. The van der Waals surface area contributed by atoms with E-state index in [1.165, 1.54) is 0 Å². The molecule has 1 atom stereocenters. The molecule has 3 rings (SSSR count). The summed E-state index contributed by atoms with van der Waals surface area (Å²) < 4.78 is 5.31. The van der Waals surface area contributed by atoms with Crippen molar-refractivity contribution in [3.05, 3.63) is 70.4 Å². The highest BCUT2D eigenvalue weighted by atomic mass is 35.5. The minimum Gasteiger partial charge on any atom is -0.380 e. The van der Waals surface area contributed by atoms with Crippen molar-refractivity contribution in [3.8, 4) is 0 Å². The number of carbonyl (C=O) groups is 1. The molecular weight excluding hydrogens is 364 g/mol. The van der Waals surface area contributed by atoms with Crippen LogP contribution in [0, 0.1) is 0 Å². The van der Waals surface area contributed by atoms with Crippen LogP contribution < -0.4 is 16.8 Å². The third-order valence-electron chi connectivity index (χ3n) is 4.35. The molecule has 0 fully saturated rings. The standard InChI is InChI=1S/C20H21ClN4O2/c1-27-11-13-10-24-19-15(6-3-7-16(19)20(23)26)18(13)25-17(9-22)12-4-2-5-14(21)8-12/h2-8,10,17H,9,11,22H2,1H3,(H2,23,26)(H,24,25). The third-order valence-corrected chi connectivity index (χ3v) is 4.58. The monoisotopic (exact) mass is 384 g/mol. The third kappa shape index (κ3) is 4.03. The summed E-state index contributed by atoms with van der Waals surface area (Å²) in [6.45, 7) is 0.713. The minimum atomic E-state index is -0.524. The molecule has 0 aliphatic carbocycles. The quantitative estimate of drug-likeness (QED) is 0.580. The fraction of sp³-hybridized carbons (Fsp3) is 0.200. The van der Waals surface area contributed by atoms with E-state index >= 15 is 0 Å². The molecule has 140 valence electrons. The van der Waals surface area contributed by atoms with Crippen molar-refractivity contribution in [3.63, 3.8) is 0 Å². The SMILES string of the molecule is COCc1cnc2c(C(N)=O)cccc2c1NC(CN)c1cccc(Cl)c1. The van der Waals surface area contributed by atoms with E-state index in [2.05, 4.69) is 10.3 Å². The predicted octanol–water partition coefficient (Wildman–Crippen LogP) is 3.25. The molecule has 0 bridgehead atoms. The maximum absolute atomic E-state index is 11.8. The summed E-state index contributed by atoms with van der Waals surface area (Å²) >= 11 is 6.13. The molecule has 0 spiro atoms. The van der Waals surface area contributed by atoms with Crippen molar-refractivity contribution in [1.82, 2.24) is 4.98 Å². The van der Waals surface area contributed by atoms with Crippen LogP contribution in [-0.2, 0) is 11.3 Å². The molecule has 1 aromatic heterocycles. The average molecular weight is 385 g/mol. The Bertz CT molecular complexity index is 977. The Kier molecular flexibility index (Phi) is 5.91. The molecule has 27 heavy (non-hydrogen) atoms. The summed E-state index contributed by atoms with van der Waals surface area (Å²) in [6.07, 6.45) is 1.69. The van der Waals surface area contributed by atoms with Crippen LogP contribution in [0.4, 0.5) is 5.69 Å². The smallest absolute Gasteiger partial charge is 0.250 e. The van der Waals surface area contributed by atoms with Gasteiger partial charge in [-0.2, -0.15) is 0 Å². The summed E-state index contributed by atoms with van der Waals surface area (Å²) in [7, 11) is 1.62. The molecule has 0 saturated carbocycles. The molecule has 6 nitrogen and oxygen atoms in total. The lowest BCUT2D eigenvalue weighted by Gasteiger charge is -2.22. The second-order valence-electron chi connectivity index (χ2n) is 6.15. The van der Waals surface area contributed by atoms with E-state index in [-0.39, 0.29) is 6.04 Å². The molecule has 5 N–H and O–H groups in total. The Morgan fingerprint density at radius 3 is 2.74 bits per heavy atom. The van der Waals surface area contributed by atoms with Crippen LogP contribution in [0.3, 0.4) is 0 Å². The lowest BCUT2D eigenvalue weighted by molar-refractivity contribution is 0.100. The Balaban J connectivity index is 2.14. The fourth-order valence-corrected chi connectivity index (χ4v) is 3.27. The first-order valence-electron chi connectivity index (χ1n) is 8.46. The fourth-order valence-electron chi connectivity index (χ4n) is 3.07. The zero-order chi connectivity index (χ0) is 19.4. The van der Waals surface area contributed by atoms with Gasteiger partial charge in [-0.1, -0.05) is 35.9 Å². The van der Waals surface area contributed by atoms with E-state index in [9.17, 15) is 4.79 Å². The molecule has 0 radical (unpaired) electrons. The number of fused-ring (bicyclic) bond motifs is 1. The van der Waals surface area contributed by atoms with Crippen molar-refractivity contribution in [2.75, 3.05) is 19.0 Å². The molecular formula is C20H21ClN4O2. The van der Waals surface area contributed by atoms with E-state index in [1.54, 1.807) is 25.4 Å². The number of primary amides is 1. The molecule has 1 heterocycles. The molecule has 3 aromatic rings. The Morgan fingerprint density at radius 1 is 1.30 bits per heavy atom. The number of nitrogens with one attached hydrogen (secondary N) is 1. The molecule has 0 aliphatic heterocycles. The van der Waals surface area contributed by atoms with Gasteiger partial charge in [0.1, 0.15) is 0 Å². The van der Waals surface area contributed by atoms with Gasteiger partial charge in [-0.05, 0) is 23.8 Å². The van der Waals surface area contributed by atoms with Crippen LogP contribution in [0.15, 0.2) is 48.7 Å². The van der Waals surface area contributed by atoms with Crippen LogP contribution in [0.2, 0.25) is 5.02 Å². The number of nitrogens with two attached hydrogens (primary N) is 2. The van der Waals surface area contributed by atoms with E-state index in [0.29, 0.717) is 29.3 Å². The van der Waals surface area contributed by atoms with Gasteiger partial charge in [-0.3, -0.25) is 9.78 Å². The van der Waals surface area contributed by atoms with Crippen LogP contribution in [-0.4, -0.2) is 24.5 Å². The number of rotatable bonds is 7. The Morgan fingerprint density at radius 2 is 2.07 bits per heavy atom. The topological polar surface area (TPSA) is 103 Å². The lowest BCUT2D eigenvalue weighted by atomic mass is 10.0. The molecule has 0 saturated heterocycles. The number of hydrogen-bond acceptors (Lipinski definition) is 5. The number of nitrogens with zero attached hydrogens (tertiary/aromatic N) is 1. The van der Waals surface area contributed by atoms with Crippen LogP contribution in [0.1, 0.15) is 27.5 Å². The zero-order valence-corrected chi connectivity index (χ0v) is 15.7. The molecule has 1 amide bonds. The van der Waals surface area contributed by atoms with Gasteiger partial charge in [0.2, 0.25) is 0 Å². The van der Waals surface area contributed by atoms with Gasteiger partial charge in [0.05, 0.1) is 29.4 Å². The van der Waals surface area contributed by atoms with Gasteiger partial charge in [0.25, 0.3) is 5.91 Å². The van der Waals surface area contributed by atoms with E-state index in [1.807, 2.05) is 30.3 Å². The van der Waals surface area contributed by atoms with E-state index in [4.69, 9.17) is 27.8 Å². The highest BCUT2D eigenvalue weighted by molar-refractivity contribution is 6.30. The highest BCUT2D eigenvalue weighted by Crippen LogP contribution is 2.32. The first-order chi connectivity index (χ1) is 13.0. The van der Waals surface area contributed by atoms with Gasteiger partial charge in [-0.15, -0.1) is 0 Å². The Hall–Kier alpha value is -2.67. The van der Waals surface area contributed by atoms with Crippen LogP contribution >= 0.6 is 11.6 Å². The van der Waals surface area contributed by atoms with Crippen LogP contribution in [0.25, 0.3) is 10.9 Å². The maximum atomic E-state index is 11.8. The van der Waals surface area contributed by atoms with Gasteiger partial charge < -0.3 is 21.5 Å². The number of carbonyl (C=O) groups excluding carboxylic acids is 1. The largest absolute Gasteiger partial charge is 0.380 e. The summed E-state index contributed by atoms with van der Waals surface area (Å²) in [5.74, 6) is -0.524. The van der Waals surface area contributed by atoms with Crippen molar-refractivity contribution in [2.45, 2.75) is 12.6 Å². The summed E-state index contributed by atoms with van der Waals surface area (Å²) in [5.41, 5.74) is 15.1. The number of halogens is 1. The van der Waals surface area contributed by atoms with Gasteiger partial charge in [0.15, 0.2) is 0 Å². The molecule has 1 unspecified atom stereocenters. The second-order valence-corrected chi connectivity index (χ2v) is 6.58. The van der Waals surface area contributed by atoms with E-state index < -0.39 is 5.91 Å². The first-order valence-corrected chi connectivity index (χ1v) is 8.84.